The Morgan fingerprint density at radius 2 is 1.72 bits per heavy atom. The van der Waals surface area contributed by atoms with E-state index >= 15 is 0 Å². The first-order chi connectivity index (χ1) is 22.2. The Morgan fingerprint density at radius 3 is 2.48 bits per heavy atom. The number of imidazole rings is 2. The summed E-state index contributed by atoms with van der Waals surface area (Å²) in [6, 6.07) is 22.2. The van der Waals surface area contributed by atoms with Gasteiger partial charge in [-0.3, -0.25) is 14.5 Å². The molecule has 46 heavy (non-hydrogen) atoms. The first-order valence-corrected chi connectivity index (χ1v) is 15.5. The number of nitrogens with zero attached hydrogens (tertiary/aromatic N) is 3. The molecule has 2 aliphatic rings. The number of para-hydroxylation sites is 1. The average Bonchev–Trinajstić information content (AvgIpc) is 3.78. The maximum absolute atomic E-state index is 14.4. The van der Waals surface area contributed by atoms with Crippen molar-refractivity contribution in [2.45, 2.75) is 64.1 Å². The number of ketones is 2. The number of amides is 1. The van der Waals surface area contributed by atoms with Gasteiger partial charge >= 0.3 is 6.09 Å². The Morgan fingerprint density at radius 1 is 0.935 bits per heavy atom. The Labute approximate surface area is 266 Å². The van der Waals surface area contributed by atoms with Crippen molar-refractivity contribution >= 4 is 34.3 Å². The molecule has 0 fully saturated rings. The first kappa shape index (κ1) is 29.4. The topological polar surface area (TPSA) is 121 Å². The van der Waals surface area contributed by atoms with E-state index in [0.717, 1.165) is 22.3 Å². The number of aromatic amines is 2. The number of nitrogens with one attached hydrogen (secondary N) is 2. The van der Waals surface area contributed by atoms with E-state index in [4.69, 9.17) is 9.72 Å². The second-order valence-electron chi connectivity index (χ2n) is 12.9. The highest BCUT2D eigenvalue weighted by Gasteiger charge is 2.46. The highest BCUT2D eigenvalue weighted by atomic mass is 16.6. The van der Waals surface area contributed by atoms with Crippen LogP contribution in [0.15, 0.2) is 90.8 Å². The zero-order chi connectivity index (χ0) is 32.0. The number of fused-ring (bicyclic) bond motifs is 3. The second-order valence-corrected chi connectivity index (χ2v) is 12.9. The molecule has 9 nitrogen and oxygen atoms in total. The number of rotatable bonds is 7. The zero-order valence-electron chi connectivity index (χ0n) is 26.0. The van der Waals surface area contributed by atoms with Crippen LogP contribution >= 0.6 is 0 Å². The molecule has 0 spiro atoms. The number of aromatic nitrogens is 4. The lowest BCUT2D eigenvalue weighted by Crippen LogP contribution is -2.52. The van der Waals surface area contributed by atoms with Gasteiger partial charge in [-0.2, -0.15) is 0 Å². The van der Waals surface area contributed by atoms with Gasteiger partial charge in [-0.05, 0) is 67.2 Å². The van der Waals surface area contributed by atoms with Crippen LogP contribution in [0.1, 0.15) is 71.9 Å². The molecule has 0 bridgehead atoms. The zero-order valence-corrected chi connectivity index (χ0v) is 26.0. The molecule has 232 valence electrons. The minimum atomic E-state index is -0.793. The largest absolute Gasteiger partial charge is 0.444 e. The van der Waals surface area contributed by atoms with E-state index in [1.807, 2.05) is 69.3 Å². The molecule has 3 heterocycles. The second kappa shape index (κ2) is 11.6. The summed E-state index contributed by atoms with van der Waals surface area (Å²) in [5.74, 6) is 0.719. The van der Waals surface area contributed by atoms with Crippen LogP contribution in [0.3, 0.4) is 0 Å². The van der Waals surface area contributed by atoms with Crippen LogP contribution < -0.4 is 0 Å². The summed E-state index contributed by atoms with van der Waals surface area (Å²) in [7, 11) is 0. The number of hydrogen-bond donors (Lipinski definition) is 2. The van der Waals surface area contributed by atoms with Crippen molar-refractivity contribution in [1.29, 1.82) is 0 Å². The van der Waals surface area contributed by atoms with E-state index in [1.165, 1.54) is 5.56 Å². The molecule has 9 heteroatoms. The molecule has 2 aromatic heterocycles. The summed E-state index contributed by atoms with van der Waals surface area (Å²) in [4.78, 5) is 58.4. The van der Waals surface area contributed by atoms with E-state index in [0.29, 0.717) is 41.1 Å². The van der Waals surface area contributed by atoms with E-state index in [1.54, 1.807) is 29.4 Å². The summed E-state index contributed by atoms with van der Waals surface area (Å²) < 4.78 is 5.96. The number of carbonyl (C=O) groups is 3. The molecule has 1 aliphatic heterocycles. The fraction of sp³-hybridized carbons (Fsp3) is 0.270. The predicted octanol–water partition coefficient (Wildman–Crippen LogP) is 6.58. The quantitative estimate of drug-likeness (QED) is 0.200. The number of hydrogen-bond acceptors (Lipinski definition) is 6. The molecule has 0 saturated carbocycles. The van der Waals surface area contributed by atoms with Gasteiger partial charge in [0.1, 0.15) is 17.2 Å². The Kier molecular flexibility index (Phi) is 7.39. The molecular formula is C37H35N5O4. The molecule has 1 aliphatic carbocycles. The molecule has 2 atom stereocenters. The molecule has 1 amide bonds. The van der Waals surface area contributed by atoms with Gasteiger partial charge in [-0.15, -0.1) is 0 Å². The van der Waals surface area contributed by atoms with Crippen molar-refractivity contribution < 1.29 is 19.1 Å². The van der Waals surface area contributed by atoms with Gasteiger partial charge in [-0.25, -0.2) is 14.8 Å². The van der Waals surface area contributed by atoms with Crippen molar-refractivity contribution in [2.75, 3.05) is 0 Å². The fourth-order valence-corrected chi connectivity index (χ4v) is 6.73. The molecule has 2 N–H and O–H groups in total. The summed E-state index contributed by atoms with van der Waals surface area (Å²) in [6.07, 6.45) is 3.90. The molecule has 0 radical (unpaired) electrons. The summed E-state index contributed by atoms with van der Waals surface area (Å²) in [5, 5.41) is 0. The fourth-order valence-electron chi connectivity index (χ4n) is 6.73. The van der Waals surface area contributed by atoms with Crippen molar-refractivity contribution in [1.82, 2.24) is 24.8 Å². The number of ether oxygens (including phenoxy) is 1. The van der Waals surface area contributed by atoms with Gasteiger partial charge in [0.15, 0.2) is 11.6 Å². The molecular weight excluding hydrogens is 578 g/mol. The Balaban J connectivity index is 1.26. The molecule has 0 saturated heterocycles. The molecule has 1 unspecified atom stereocenters. The molecule has 5 aromatic rings. The normalized spacial score (nSPS) is 17.6. The van der Waals surface area contributed by atoms with E-state index < -0.39 is 23.8 Å². The minimum absolute atomic E-state index is 0.0454. The predicted molar refractivity (Wildman–Crippen MR) is 174 cm³/mol. The third-order valence-electron chi connectivity index (χ3n) is 8.63. The lowest BCUT2D eigenvalue weighted by atomic mass is 9.83. The van der Waals surface area contributed by atoms with Gasteiger partial charge in [-0.1, -0.05) is 60.7 Å². The maximum atomic E-state index is 14.4. The van der Waals surface area contributed by atoms with Crippen LogP contribution in [0.4, 0.5) is 4.79 Å². The van der Waals surface area contributed by atoms with Crippen LogP contribution in [0.5, 0.6) is 0 Å². The van der Waals surface area contributed by atoms with E-state index in [9.17, 15) is 14.4 Å². The van der Waals surface area contributed by atoms with Crippen LogP contribution in [-0.4, -0.2) is 54.1 Å². The highest BCUT2D eigenvalue weighted by molar-refractivity contribution is 6.07. The van der Waals surface area contributed by atoms with Crippen LogP contribution in [0.25, 0.3) is 16.6 Å². The van der Waals surface area contributed by atoms with Crippen molar-refractivity contribution in [2.24, 2.45) is 0 Å². The van der Waals surface area contributed by atoms with Gasteiger partial charge in [0.05, 0.1) is 36.0 Å². The minimum Gasteiger partial charge on any atom is -0.444 e. The van der Waals surface area contributed by atoms with Gasteiger partial charge in [0, 0.05) is 24.4 Å². The summed E-state index contributed by atoms with van der Waals surface area (Å²) >= 11 is 0. The number of Topliss-reactive ketones (excluding diaryl/α,β-unsaturated/α-hetero) is 2. The highest BCUT2D eigenvalue weighted by Crippen LogP contribution is 2.49. The lowest BCUT2D eigenvalue weighted by molar-refractivity contribution is -0.124. The monoisotopic (exact) mass is 613 g/mol. The maximum Gasteiger partial charge on any atom is 0.411 e. The van der Waals surface area contributed by atoms with Crippen molar-refractivity contribution in [3.05, 3.63) is 125 Å². The summed E-state index contributed by atoms with van der Waals surface area (Å²) in [5.41, 5.74) is 6.34. The number of carbonyl (C=O) groups excluding carboxylic acids is 3. The Hall–Kier alpha value is -5.31. The van der Waals surface area contributed by atoms with Gasteiger partial charge < -0.3 is 14.7 Å². The van der Waals surface area contributed by atoms with Crippen LogP contribution in [0, 0.1) is 0 Å². The van der Waals surface area contributed by atoms with Crippen LogP contribution in [-0.2, 0) is 28.8 Å². The van der Waals surface area contributed by atoms with Gasteiger partial charge in [0.25, 0.3) is 0 Å². The summed E-state index contributed by atoms with van der Waals surface area (Å²) in [6.45, 7) is 5.50. The Bertz CT molecular complexity index is 1990. The van der Waals surface area contributed by atoms with Crippen molar-refractivity contribution in [3.63, 3.8) is 0 Å². The number of benzene rings is 3. The molecule has 3 aromatic carbocycles. The van der Waals surface area contributed by atoms with Crippen LogP contribution in [0.2, 0.25) is 0 Å². The average molecular weight is 614 g/mol. The van der Waals surface area contributed by atoms with Gasteiger partial charge in [0.2, 0.25) is 0 Å². The molecule has 7 rings (SSSR count). The standard InChI is InChI=1S/C37H35N5O4/c1-37(2,3)46-36(45)42-29(19-26-24-13-8-7-12-23(24)18-27(26)35(42)22-10-5-4-6-11-22)31(44)21-33-40-28-15-9-14-25(34(28)41-33)30(43)20-32-38-16-17-39-32/h4-17,29,35H,18-21H2,1-3H3,(H,38,39)(H,40,41)/t29-,35?/m0/s1. The third-order valence-corrected chi connectivity index (χ3v) is 8.63. The van der Waals surface area contributed by atoms with E-state index in [2.05, 4.69) is 27.1 Å². The first-order valence-electron chi connectivity index (χ1n) is 15.5. The van der Waals surface area contributed by atoms with E-state index in [-0.39, 0.29) is 24.4 Å². The van der Waals surface area contributed by atoms with Crippen molar-refractivity contribution in [3.8, 4) is 0 Å². The third kappa shape index (κ3) is 5.53. The SMILES string of the molecule is CC(C)(C)OC(=O)N1C(c2ccccc2)C2=C(C[C@H]1C(=O)Cc1nc3c(C(=O)Cc4ncc[nH]4)cccc3[nH]1)c1ccccc1C2. The lowest BCUT2D eigenvalue weighted by Gasteiger charge is -2.43. The smallest absolute Gasteiger partial charge is 0.411 e. The number of H-pyrrole nitrogens is 2.